The summed E-state index contributed by atoms with van der Waals surface area (Å²) in [5.74, 6) is 0.394. The lowest BCUT2D eigenvalue weighted by molar-refractivity contribution is 0.392. The summed E-state index contributed by atoms with van der Waals surface area (Å²) in [6.07, 6.45) is 1.02. The third kappa shape index (κ3) is 1.91. The number of aryl methyl sites for hydroxylation is 1. The summed E-state index contributed by atoms with van der Waals surface area (Å²) in [6, 6.07) is 3.64. The van der Waals surface area contributed by atoms with E-state index in [0.717, 1.165) is 24.1 Å². The van der Waals surface area contributed by atoms with E-state index in [1.165, 1.54) is 5.56 Å². The molecule has 1 N–H and O–H groups in total. The van der Waals surface area contributed by atoms with Gasteiger partial charge in [-0.25, -0.2) is 4.39 Å². The van der Waals surface area contributed by atoms with Gasteiger partial charge in [-0.3, -0.25) is 0 Å². The maximum Gasteiger partial charge on any atom is 0.123 e. The van der Waals surface area contributed by atoms with Crippen LogP contribution >= 0.6 is 0 Å². The Morgan fingerprint density at radius 1 is 1.40 bits per heavy atom. The minimum absolute atomic E-state index is 0.111. The fourth-order valence-electron chi connectivity index (χ4n) is 2.48. The van der Waals surface area contributed by atoms with Crippen molar-refractivity contribution in [1.29, 1.82) is 0 Å². The SMILES string of the molecule is Cc1cc(F)cc2c1CCNC2C(C)C. The Hall–Kier alpha value is -0.890. The minimum Gasteiger partial charge on any atom is -0.309 e. The molecule has 82 valence electrons. The van der Waals surface area contributed by atoms with Gasteiger partial charge in [0.1, 0.15) is 5.82 Å². The van der Waals surface area contributed by atoms with E-state index in [1.807, 2.05) is 6.92 Å². The maximum atomic E-state index is 13.4. The largest absolute Gasteiger partial charge is 0.309 e. The molecule has 1 nitrogen and oxygen atoms in total. The first-order valence-corrected chi connectivity index (χ1v) is 5.62. The fourth-order valence-corrected chi connectivity index (χ4v) is 2.48. The number of benzene rings is 1. The lowest BCUT2D eigenvalue weighted by atomic mass is 9.86. The Balaban J connectivity index is 2.50. The zero-order valence-electron chi connectivity index (χ0n) is 9.60. The van der Waals surface area contributed by atoms with E-state index in [0.29, 0.717) is 12.0 Å². The van der Waals surface area contributed by atoms with E-state index < -0.39 is 0 Å². The molecular formula is C13H18FN. The van der Waals surface area contributed by atoms with E-state index in [9.17, 15) is 4.39 Å². The summed E-state index contributed by atoms with van der Waals surface area (Å²) < 4.78 is 13.4. The van der Waals surface area contributed by atoms with Crippen LogP contribution in [0.2, 0.25) is 0 Å². The molecule has 1 aliphatic heterocycles. The average molecular weight is 207 g/mol. The summed E-state index contributed by atoms with van der Waals surface area (Å²) in [4.78, 5) is 0. The number of halogens is 1. The first kappa shape index (κ1) is 10.6. The highest BCUT2D eigenvalue weighted by Crippen LogP contribution is 2.31. The molecule has 1 aliphatic rings. The Bertz CT molecular complexity index is 371. The van der Waals surface area contributed by atoms with Crippen LogP contribution in [0, 0.1) is 18.7 Å². The first-order valence-electron chi connectivity index (χ1n) is 5.62. The molecule has 1 aromatic carbocycles. The van der Waals surface area contributed by atoms with Crippen LogP contribution in [0.25, 0.3) is 0 Å². The fraction of sp³-hybridized carbons (Fsp3) is 0.538. The molecule has 0 saturated carbocycles. The summed E-state index contributed by atoms with van der Waals surface area (Å²) in [5.41, 5.74) is 3.60. The Kier molecular flexibility index (Phi) is 2.79. The molecule has 0 spiro atoms. The highest BCUT2D eigenvalue weighted by atomic mass is 19.1. The molecule has 0 aliphatic carbocycles. The Morgan fingerprint density at radius 2 is 2.13 bits per heavy atom. The van der Waals surface area contributed by atoms with Gasteiger partial charge in [-0.05, 0) is 54.6 Å². The molecule has 1 unspecified atom stereocenters. The van der Waals surface area contributed by atoms with Crippen molar-refractivity contribution in [2.24, 2.45) is 5.92 Å². The van der Waals surface area contributed by atoms with E-state index in [1.54, 1.807) is 12.1 Å². The van der Waals surface area contributed by atoms with Crippen LogP contribution in [0.15, 0.2) is 12.1 Å². The van der Waals surface area contributed by atoms with Crippen molar-refractivity contribution in [2.75, 3.05) is 6.54 Å². The Labute approximate surface area is 90.7 Å². The second kappa shape index (κ2) is 3.93. The second-order valence-electron chi connectivity index (χ2n) is 4.72. The molecule has 15 heavy (non-hydrogen) atoms. The second-order valence-corrected chi connectivity index (χ2v) is 4.72. The van der Waals surface area contributed by atoms with E-state index in [-0.39, 0.29) is 5.82 Å². The summed E-state index contributed by atoms with van der Waals surface area (Å²) in [5, 5.41) is 3.46. The highest BCUT2D eigenvalue weighted by molar-refractivity contribution is 5.39. The van der Waals surface area contributed by atoms with Crippen molar-refractivity contribution in [1.82, 2.24) is 5.32 Å². The first-order chi connectivity index (χ1) is 7.09. The molecule has 1 atom stereocenters. The van der Waals surface area contributed by atoms with Crippen molar-refractivity contribution in [2.45, 2.75) is 33.2 Å². The third-order valence-corrected chi connectivity index (χ3v) is 3.21. The summed E-state index contributed by atoms with van der Waals surface area (Å²) >= 11 is 0. The average Bonchev–Trinajstić information content (AvgIpc) is 2.16. The molecule has 0 bridgehead atoms. The predicted molar refractivity (Wildman–Crippen MR) is 60.4 cm³/mol. The number of fused-ring (bicyclic) bond motifs is 1. The van der Waals surface area contributed by atoms with Gasteiger partial charge in [0.15, 0.2) is 0 Å². The smallest absolute Gasteiger partial charge is 0.123 e. The summed E-state index contributed by atoms with van der Waals surface area (Å²) in [7, 11) is 0. The van der Waals surface area contributed by atoms with Crippen LogP contribution in [0.5, 0.6) is 0 Å². The van der Waals surface area contributed by atoms with Crippen molar-refractivity contribution in [3.05, 3.63) is 34.6 Å². The van der Waals surface area contributed by atoms with Crippen LogP contribution < -0.4 is 5.32 Å². The molecule has 0 amide bonds. The van der Waals surface area contributed by atoms with Gasteiger partial charge in [-0.1, -0.05) is 13.8 Å². The van der Waals surface area contributed by atoms with Crippen LogP contribution in [0.4, 0.5) is 4.39 Å². The minimum atomic E-state index is -0.111. The number of hydrogen-bond donors (Lipinski definition) is 1. The molecular weight excluding hydrogens is 189 g/mol. The zero-order valence-corrected chi connectivity index (χ0v) is 9.60. The van der Waals surface area contributed by atoms with Crippen molar-refractivity contribution >= 4 is 0 Å². The van der Waals surface area contributed by atoms with Crippen molar-refractivity contribution in [3.8, 4) is 0 Å². The Morgan fingerprint density at radius 3 is 2.80 bits per heavy atom. The monoisotopic (exact) mass is 207 g/mol. The predicted octanol–water partition coefficient (Wildman–Crippen LogP) is 2.98. The molecule has 0 aromatic heterocycles. The van der Waals surface area contributed by atoms with Gasteiger partial charge >= 0.3 is 0 Å². The zero-order chi connectivity index (χ0) is 11.0. The normalized spacial score (nSPS) is 20.5. The van der Waals surface area contributed by atoms with E-state index in [4.69, 9.17) is 0 Å². The molecule has 1 aromatic rings. The van der Waals surface area contributed by atoms with Crippen LogP contribution in [-0.2, 0) is 6.42 Å². The van der Waals surface area contributed by atoms with Gasteiger partial charge in [0.25, 0.3) is 0 Å². The molecule has 2 rings (SSSR count). The number of nitrogens with one attached hydrogen (secondary N) is 1. The molecule has 1 heterocycles. The standard InChI is InChI=1S/C13H18FN/c1-8(2)13-12-7-10(14)6-9(3)11(12)4-5-15-13/h6-8,13,15H,4-5H2,1-3H3. The molecule has 2 heteroatoms. The van der Waals surface area contributed by atoms with Crippen molar-refractivity contribution in [3.63, 3.8) is 0 Å². The third-order valence-electron chi connectivity index (χ3n) is 3.21. The van der Waals surface area contributed by atoms with Crippen LogP contribution in [0.3, 0.4) is 0 Å². The highest BCUT2D eigenvalue weighted by Gasteiger charge is 2.23. The lowest BCUT2D eigenvalue weighted by Gasteiger charge is -2.31. The van der Waals surface area contributed by atoms with Gasteiger partial charge < -0.3 is 5.32 Å². The van der Waals surface area contributed by atoms with E-state index >= 15 is 0 Å². The molecule has 0 radical (unpaired) electrons. The maximum absolute atomic E-state index is 13.4. The van der Waals surface area contributed by atoms with Crippen molar-refractivity contribution < 1.29 is 4.39 Å². The quantitative estimate of drug-likeness (QED) is 0.746. The van der Waals surface area contributed by atoms with Gasteiger partial charge in [0.05, 0.1) is 0 Å². The van der Waals surface area contributed by atoms with Gasteiger partial charge in [-0.15, -0.1) is 0 Å². The number of rotatable bonds is 1. The van der Waals surface area contributed by atoms with Gasteiger partial charge in [0, 0.05) is 6.04 Å². The van der Waals surface area contributed by atoms with Crippen LogP contribution in [0.1, 0.15) is 36.6 Å². The summed E-state index contributed by atoms with van der Waals surface area (Å²) in [6.45, 7) is 7.35. The topological polar surface area (TPSA) is 12.0 Å². The number of hydrogen-bond acceptors (Lipinski definition) is 1. The van der Waals surface area contributed by atoms with Gasteiger partial charge in [-0.2, -0.15) is 0 Å². The van der Waals surface area contributed by atoms with Gasteiger partial charge in [0.2, 0.25) is 0 Å². The lowest BCUT2D eigenvalue weighted by Crippen LogP contribution is -2.33. The van der Waals surface area contributed by atoms with E-state index in [2.05, 4.69) is 19.2 Å². The molecule has 0 saturated heterocycles. The van der Waals surface area contributed by atoms with Crippen LogP contribution in [-0.4, -0.2) is 6.54 Å². The molecule has 0 fully saturated rings.